The first-order valence-corrected chi connectivity index (χ1v) is 6.29. The van der Waals surface area contributed by atoms with Gasteiger partial charge in [-0.25, -0.2) is 14.0 Å². The number of rotatable bonds is 1. The highest BCUT2D eigenvalue weighted by Crippen LogP contribution is 2.31. The van der Waals surface area contributed by atoms with Crippen LogP contribution in [0.1, 0.15) is 19.4 Å². The predicted molar refractivity (Wildman–Crippen MR) is 70.7 cm³/mol. The lowest BCUT2D eigenvalue weighted by Gasteiger charge is -2.29. The first-order chi connectivity index (χ1) is 9.21. The minimum Gasteiger partial charge on any atom is -0.419 e. The Morgan fingerprint density at radius 1 is 1.15 bits per heavy atom. The Hall–Kier alpha value is -1.59. The summed E-state index contributed by atoms with van der Waals surface area (Å²) in [6, 6.07) is 2.34. The van der Waals surface area contributed by atoms with E-state index in [2.05, 4.69) is 0 Å². The predicted octanol–water partition coefficient (Wildman–Crippen LogP) is 3.35. The normalized spacial score (nSPS) is 17.6. The monoisotopic (exact) mass is 318 g/mol. The molecule has 1 aliphatic rings. The lowest BCUT2D eigenvalue weighted by atomic mass is 10.1. The topological polar surface area (TPSA) is 52.6 Å². The summed E-state index contributed by atoms with van der Waals surface area (Å²) in [5.74, 6) is -3.84. The maximum Gasteiger partial charge on any atom is 0.348 e. The van der Waals surface area contributed by atoms with Crippen LogP contribution >= 0.6 is 23.2 Å². The average molecular weight is 319 g/mol. The smallest absolute Gasteiger partial charge is 0.348 e. The van der Waals surface area contributed by atoms with Crippen LogP contribution in [-0.4, -0.2) is 17.7 Å². The Morgan fingerprint density at radius 2 is 1.70 bits per heavy atom. The van der Waals surface area contributed by atoms with E-state index in [0.29, 0.717) is 0 Å². The summed E-state index contributed by atoms with van der Waals surface area (Å²) < 4.78 is 23.2. The van der Waals surface area contributed by atoms with Gasteiger partial charge in [0.25, 0.3) is 5.79 Å². The molecule has 0 spiro atoms. The quantitative estimate of drug-likeness (QED) is 0.345. The largest absolute Gasteiger partial charge is 0.419 e. The molecule has 0 unspecified atom stereocenters. The Morgan fingerprint density at radius 3 is 2.25 bits per heavy atom. The number of esters is 2. The molecular weight excluding hydrogens is 310 g/mol. The number of halogens is 3. The molecule has 0 saturated carbocycles. The van der Waals surface area contributed by atoms with Gasteiger partial charge in [-0.15, -0.1) is 0 Å². The third-order valence-electron chi connectivity index (χ3n) is 2.48. The first kappa shape index (κ1) is 14.8. The SMILES string of the molecule is CC1(C)OC(=O)C(=Cc2c(Cl)ccc(F)c2Cl)C(=O)O1. The third kappa shape index (κ3) is 2.78. The fourth-order valence-corrected chi connectivity index (χ4v) is 2.08. The summed E-state index contributed by atoms with van der Waals surface area (Å²) in [7, 11) is 0. The summed E-state index contributed by atoms with van der Waals surface area (Å²) in [6.07, 6.45) is 1.05. The molecule has 7 heteroatoms. The fourth-order valence-electron chi connectivity index (χ4n) is 1.60. The van der Waals surface area contributed by atoms with Crippen molar-refractivity contribution >= 4 is 41.2 Å². The lowest BCUT2D eigenvalue weighted by molar-refractivity contribution is -0.222. The van der Waals surface area contributed by atoms with Gasteiger partial charge in [0.15, 0.2) is 0 Å². The van der Waals surface area contributed by atoms with E-state index in [1.165, 1.54) is 19.9 Å². The highest BCUT2D eigenvalue weighted by molar-refractivity contribution is 6.37. The molecule has 106 valence electrons. The Bertz CT molecular complexity index is 616. The Labute approximate surface area is 124 Å². The Balaban J connectivity index is 2.49. The zero-order valence-electron chi connectivity index (χ0n) is 10.5. The van der Waals surface area contributed by atoms with Crippen molar-refractivity contribution in [3.05, 3.63) is 39.1 Å². The molecule has 0 aromatic heterocycles. The van der Waals surface area contributed by atoms with Gasteiger partial charge in [-0.3, -0.25) is 0 Å². The van der Waals surface area contributed by atoms with E-state index in [-0.39, 0.29) is 15.6 Å². The summed E-state index contributed by atoms with van der Waals surface area (Å²) in [5.41, 5.74) is -0.393. The lowest BCUT2D eigenvalue weighted by Crippen LogP contribution is -2.41. The molecule has 0 aliphatic carbocycles. The molecule has 1 aromatic rings. The standard InChI is InChI=1S/C13H9Cl2FO4/c1-13(2)19-11(17)7(12(18)20-13)5-6-8(14)3-4-9(16)10(6)15/h3-5H,1-2H3. The minimum atomic E-state index is -1.35. The number of benzene rings is 1. The van der Waals surface area contributed by atoms with Crippen molar-refractivity contribution in [2.45, 2.75) is 19.6 Å². The van der Waals surface area contributed by atoms with E-state index in [1.807, 2.05) is 0 Å². The van der Waals surface area contributed by atoms with Crippen LogP contribution in [0.3, 0.4) is 0 Å². The number of cyclic esters (lactones) is 2. The molecule has 0 bridgehead atoms. The maximum atomic E-state index is 13.4. The number of carbonyl (C=O) groups is 2. The van der Waals surface area contributed by atoms with E-state index in [4.69, 9.17) is 32.7 Å². The zero-order chi connectivity index (χ0) is 15.1. The van der Waals surface area contributed by atoms with Crippen molar-refractivity contribution in [2.24, 2.45) is 0 Å². The van der Waals surface area contributed by atoms with Crippen LogP contribution in [-0.2, 0) is 19.1 Å². The second kappa shape index (κ2) is 5.07. The van der Waals surface area contributed by atoms with Gasteiger partial charge >= 0.3 is 11.9 Å². The summed E-state index contributed by atoms with van der Waals surface area (Å²) in [6.45, 7) is 2.84. The van der Waals surface area contributed by atoms with Crippen LogP contribution in [0.15, 0.2) is 17.7 Å². The van der Waals surface area contributed by atoms with Crippen molar-refractivity contribution in [3.63, 3.8) is 0 Å². The van der Waals surface area contributed by atoms with Gasteiger partial charge in [-0.1, -0.05) is 23.2 Å². The van der Waals surface area contributed by atoms with Gasteiger partial charge in [-0.2, -0.15) is 0 Å². The number of carbonyl (C=O) groups excluding carboxylic acids is 2. The van der Waals surface area contributed by atoms with E-state index in [1.54, 1.807) is 0 Å². The molecule has 20 heavy (non-hydrogen) atoms. The van der Waals surface area contributed by atoms with Crippen LogP contribution in [0.25, 0.3) is 6.08 Å². The summed E-state index contributed by atoms with van der Waals surface area (Å²) >= 11 is 11.6. The van der Waals surface area contributed by atoms with Crippen molar-refractivity contribution in [1.29, 1.82) is 0 Å². The van der Waals surface area contributed by atoms with Crippen LogP contribution < -0.4 is 0 Å². The highest BCUT2D eigenvalue weighted by atomic mass is 35.5. The van der Waals surface area contributed by atoms with Gasteiger partial charge in [0, 0.05) is 24.4 Å². The molecule has 1 heterocycles. The number of hydrogen-bond acceptors (Lipinski definition) is 4. The molecule has 1 fully saturated rings. The Kier molecular flexibility index (Phi) is 3.75. The molecule has 0 amide bonds. The van der Waals surface area contributed by atoms with Crippen molar-refractivity contribution < 1.29 is 23.5 Å². The second-order valence-electron chi connectivity index (χ2n) is 4.49. The first-order valence-electron chi connectivity index (χ1n) is 5.53. The van der Waals surface area contributed by atoms with E-state index in [0.717, 1.165) is 12.1 Å². The highest BCUT2D eigenvalue weighted by Gasteiger charge is 2.39. The van der Waals surface area contributed by atoms with E-state index in [9.17, 15) is 14.0 Å². The molecule has 0 N–H and O–H groups in total. The van der Waals surface area contributed by atoms with Crippen LogP contribution in [0.2, 0.25) is 10.0 Å². The third-order valence-corrected chi connectivity index (χ3v) is 3.20. The zero-order valence-corrected chi connectivity index (χ0v) is 12.0. The molecule has 1 saturated heterocycles. The van der Waals surface area contributed by atoms with Crippen LogP contribution in [0.4, 0.5) is 4.39 Å². The average Bonchev–Trinajstić information content (AvgIpc) is 2.31. The molecule has 0 atom stereocenters. The van der Waals surface area contributed by atoms with Gasteiger partial charge in [0.1, 0.15) is 11.4 Å². The minimum absolute atomic E-state index is 0.0111. The van der Waals surface area contributed by atoms with E-state index >= 15 is 0 Å². The molecular formula is C13H9Cl2FO4. The second-order valence-corrected chi connectivity index (χ2v) is 5.28. The van der Waals surface area contributed by atoms with Gasteiger partial charge in [0.05, 0.1) is 5.02 Å². The molecule has 2 rings (SSSR count). The molecule has 4 nitrogen and oxygen atoms in total. The van der Waals surface area contributed by atoms with Gasteiger partial charge in [-0.05, 0) is 18.2 Å². The fraction of sp³-hybridized carbons (Fsp3) is 0.231. The van der Waals surface area contributed by atoms with Crippen LogP contribution in [0.5, 0.6) is 0 Å². The van der Waals surface area contributed by atoms with E-state index < -0.39 is 29.1 Å². The number of hydrogen-bond donors (Lipinski definition) is 0. The summed E-state index contributed by atoms with van der Waals surface area (Å²) in [4.78, 5) is 23.5. The van der Waals surface area contributed by atoms with Crippen molar-refractivity contribution in [2.75, 3.05) is 0 Å². The molecule has 1 aromatic carbocycles. The van der Waals surface area contributed by atoms with Gasteiger partial charge < -0.3 is 9.47 Å². The molecule has 0 radical (unpaired) electrons. The number of ether oxygens (including phenoxy) is 2. The van der Waals surface area contributed by atoms with Crippen LogP contribution in [0, 0.1) is 5.82 Å². The van der Waals surface area contributed by atoms with Crippen molar-refractivity contribution in [1.82, 2.24) is 0 Å². The van der Waals surface area contributed by atoms with Gasteiger partial charge in [0.2, 0.25) is 0 Å². The summed E-state index contributed by atoms with van der Waals surface area (Å²) in [5, 5.41) is -0.204. The van der Waals surface area contributed by atoms with Crippen molar-refractivity contribution in [3.8, 4) is 0 Å². The molecule has 1 aliphatic heterocycles. The maximum absolute atomic E-state index is 13.4.